The van der Waals surface area contributed by atoms with Crippen LogP contribution in [0.2, 0.25) is 0 Å². The van der Waals surface area contributed by atoms with E-state index in [2.05, 4.69) is 48.3 Å². The lowest BCUT2D eigenvalue weighted by Gasteiger charge is -2.10. The van der Waals surface area contributed by atoms with E-state index >= 15 is 0 Å². The highest BCUT2D eigenvalue weighted by atomic mass is 16.1. The first-order valence-corrected chi connectivity index (χ1v) is 10.5. The molecular formula is C22H23N7O. The SMILES string of the molecule is Cc1[nH]nc2c1CCC2NC(=O)c1cnn(Cc2cn3cc(C4CC4)ccc3n2)c1. The van der Waals surface area contributed by atoms with Gasteiger partial charge in [0.05, 0.1) is 35.7 Å². The van der Waals surface area contributed by atoms with Gasteiger partial charge in [0.2, 0.25) is 0 Å². The molecule has 8 nitrogen and oxygen atoms in total. The van der Waals surface area contributed by atoms with Crippen molar-refractivity contribution < 1.29 is 4.79 Å². The lowest BCUT2D eigenvalue weighted by Crippen LogP contribution is -2.27. The number of nitrogens with zero attached hydrogens (tertiary/aromatic N) is 5. The number of hydrogen-bond acceptors (Lipinski definition) is 4. The van der Waals surface area contributed by atoms with E-state index in [0.29, 0.717) is 18.0 Å². The molecule has 1 atom stereocenters. The Morgan fingerprint density at radius 3 is 3.00 bits per heavy atom. The number of aromatic amines is 1. The second-order valence-corrected chi connectivity index (χ2v) is 8.44. The van der Waals surface area contributed by atoms with Crippen LogP contribution in [0.15, 0.2) is 36.9 Å². The van der Waals surface area contributed by atoms with Crippen LogP contribution in [0.25, 0.3) is 5.65 Å². The zero-order valence-corrected chi connectivity index (χ0v) is 16.8. The minimum atomic E-state index is -0.121. The van der Waals surface area contributed by atoms with Crippen molar-refractivity contribution in [1.29, 1.82) is 0 Å². The van der Waals surface area contributed by atoms with Gasteiger partial charge in [-0.2, -0.15) is 10.2 Å². The maximum atomic E-state index is 12.7. The Hall–Kier alpha value is -3.42. The summed E-state index contributed by atoms with van der Waals surface area (Å²) in [6.45, 7) is 2.55. The molecule has 8 heteroatoms. The van der Waals surface area contributed by atoms with E-state index in [1.807, 2.05) is 13.1 Å². The Labute approximate surface area is 173 Å². The first-order chi connectivity index (χ1) is 14.6. The molecule has 1 unspecified atom stereocenters. The van der Waals surface area contributed by atoms with Crippen molar-refractivity contribution in [2.75, 3.05) is 0 Å². The van der Waals surface area contributed by atoms with Gasteiger partial charge >= 0.3 is 0 Å². The van der Waals surface area contributed by atoms with Gasteiger partial charge < -0.3 is 9.72 Å². The summed E-state index contributed by atoms with van der Waals surface area (Å²) in [5, 5.41) is 14.8. The van der Waals surface area contributed by atoms with Crippen molar-refractivity contribution in [3.05, 3.63) is 70.7 Å². The fraction of sp³-hybridized carbons (Fsp3) is 0.364. The van der Waals surface area contributed by atoms with Crippen LogP contribution in [0.4, 0.5) is 0 Å². The number of carbonyl (C=O) groups is 1. The van der Waals surface area contributed by atoms with E-state index in [1.54, 1.807) is 17.1 Å². The third-order valence-electron chi connectivity index (χ3n) is 6.22. The molecule has 2 aliphatic carbocycles. The molecule has 2 N–H and O–H groups in total. The molecule has 1 amide bonds. The van der Waals surface area contributed by atoms with Crippen LogP contribution >= 0.6 is 0 Å². The molecule has 6 rings (SSSR count). The quantitative estimate of drug-likeness (QED) is 0.538. The summed E-state index contributed by atoms with van der Waals surface area (Å²) in [4.78, 5) is 17.4. The molecule has 152 valence electrons. The van der Waals surface area contributed by atoms with Gasteiger partial charge in [-0.25, -0.2) is 4.98 Å². The molecule has 1 saturated carbocycles. The number of aryl methyl sites for hydroxylation is 1. The first kappa shape index (κ1) is 17.4. The van der Waals surface area contributed by atoms with E-state index in [1.165, 1.54) is 24.0 Å². The predicted octanol–water partition coefficient (Wildman–Crippen LogP) is 2.91. The lowest BCUT2D eigenvalue weighted by atomic mass is 10.2. The topological polar surface area (TPSA) is 92.9 Å². The fourth-order valence-electron chi connectivity index (χ4n) is 4.41. The average molecular weight is 401 g/mol. The molecular weight excluding hydrogens is 378 g/mol. The molecule has 4 aromatic rings. The van der Waals surface area contributed by atoms with Crippen molar-refractivity contribution >= 4 is 11.6 Å². The number of H-pyrrole nitrogens is 1. The predicted molar refractivity (Wildman–Crippen MR) is 110 cm³/mol. The summed E-state index contributed by atoms with van der Waals surface area (Å²) in [5.41, 5.74) is 7.07. The number of fused-ring (bicyclic) bond motifs is 2. The minimum absolute atomic E-state index is 0.0418. The summed E-state index contributed by atoms with van der Waals surface area (Å²) in [6, 6.07) is 4.21. The van der Waals surface area contributed by atoms with E-state index in [9.17, 15) is 4.79 Å². The van der Waals surface area contributed by atoms with Crippen LogP contribution < -0.4 is 5.32 Å². The Morgan fingerprint density at radius 1 is 1.23 bits per heavy atom. The summed E-state index contributed by atoms with van der Waals surface area (Å²) in [5.74, 6) is 0.595. The summed E-state index contributed by atoms with van der Waals surface area (Å²) < 4.78 is 3.85. The maximum absolute atomic E-state index is 12.7. The number of hydrogen-bond donors (Lipinski definition) is 2. The fourth-order valence-corrected chi connectivity index (χ4v) is 4.41. The highest BCUT2D eigenvalue weighted by Crippen LogP contribution is 2.39. The number of rotatable bonds is 5. The largest absolute Gasteiger partial charge is 0.343 e. The Kier molecular flexibility index (Phi) is 3.81. The minimum Gasteiger partial charge on any atom is -0.343 e. The molecule has 1 fully saturated rings. The maximum Gasteiger partial charge on any atom is 0.255 e. The van der Waals surface area contributed by atoms with Crippen LogP contribution in [0.3, 0.4) is 0 Å². The van der Waals surface area contributed by atoms with Crippen LogP contribution in [-0.4, -0.2) is 35.3 Å². The Balaban J connectivity index is 1.16. The third-order valence-corrected chi connectivity index (χ3v) is 6.22. The molecule has 0 aliphatic heterocycles. The first-order valence-electron chi connectivity index (χ1n) is 10.5. The van der Waals surface area contributed by atoms with Gasteiger partial charge in [-0.05, 0) is 55.7 Å². The smallest absolute Gasteiger partial charge is 0.255 e. The molecule has 0 saturated heterocycles. The van der Waals surface area contributed by atoms with Crippen molar-refractivity contribution in [2.24, 2.45) is 0 Å². The zero-order valence-electron chi connectivity index (χ0n) is 16.8. The molecule has 0 spiro atoms. The van der Waals surface area contributed by atoms with E-state index in [0.717, 1.165) is 35.6 Å². The van der Waals surface area contributed by atoms with Gasteiger partial charge in [-0.15, -0.1) is 0 Å². The van der Waals surface area contributed by atoms with Crippen LogP contribution in [-0.2, 0) is 13.0 Å². The molecule has 30 heavy (non-hydrogen) atoms. The van der Waals surface area contributed by atoms with Crippen LogP contribution in [0.5, 0.6) is 0 Å². The second-order valence-electron chi connectivity index (χ2n) is 8.44. The number of nitrogens with one attached hydrogen (secondary N) is 2. The number of carbonyl (C=O) groups excluding carboxylic acids is 1. The van der Waals surface area contributed by atoms with Gasteiger partial charge in [-0.1, -0.05) is 6.07 Å². The Bertz CT molecular complexity index is 1260. The summed E-state index contributed by atoms with van der Waals surface area (Å²) >= 11 is 0. The van der Waals surface area contributed by atoms with Gasteiger partial charge in [0.1, 0.15) is 5.65 Å². The van der Waals surface area contributed by atoms with Gasteiger partial charge in [-0.3, -0.25) is 14.6 Å². The average Bonchev–Trinajstić information content (AvgIpc) is 3.06. The van der Waals surface area contributed by atoms with Crippen molar-refractivity contribution in [3.8, 4) is 0 Å². The zero-order chi connectivity index (χ0) is 20.2. The van der Waals surface area contributed by atoms with E-state index < -0.39 is 0 Å². The van der Waals surface area contributed by atoms with Crippen molar-refractivity contribution in [1.82, 2.24) is 34.7 Å². The summed E-state index contributed by atoms with van der Waals surface area (Å²) in [7, 11) is 0. The number of aromatic nitrogens is 6. The molecule has 0 bridgehead atoms. The van der Waals surface area contributed by atoms with E-state index in [4.69, 9.17) is 0 Å². The monoisotopic (exact) mass is 401 g/mol. The highest BCUT2D eigenvalue weighted by molar-refractivity contribution is 5.94. The van der Waals surface area contributed by atoms with Crippen LogP contribution in [0, 0.1) is 6.92 Å². The molecule has 0 aromatic carbocycles. The molecule has 2 aliphatic rings. The lowest BCUT2D eigenvalue weighted by molar-refractivity contribution is 0.0936. The third kappa shape index (κ3) is 2.99. The normalized spacial score (nSPS) is 18.1. The van der Waals surface area contributed by atoms with E-state index in [-0.39, 0.29) is 11.9 Å². The number of pyridine rings is 1. The van der Waals surface area contributed by atoms with Gasteiger partial charge in [0.15, 0.2) is 0 Å². The van der Waals surface area contributed by atoms with Crippen molar-refractivity contribution in [3.63, 3.8) is 0 Å². The molecule has 0 radical (unpaired) electrons. The highest BCUT2D eigenvalue weighted by Gasteiger charge is 2.29. The Morgan fingerprint density at radius 2 is 2.13 bits per heavy atom. The molecule has 4 aromatic heterocycles. The standard InChI is InChI=1S/C22H23N7O/c1-13-18-5-6-19(21(18)27-26-13)25-22(30)16-8-23-29(10-16)12-17-11-28-9-15(14-2-3-14)4-7-20(28)24-17/h4,7-11,14,19H,2-3,5-6,12H2,1H3,(H,25,30)(H,26,27). The summed E-state index contributed by atoms with van der Waals surface area (Å²) in [6.07, 6.45) is 12.0. The van der Waals surface area contributed by atoms with Gasteiger partial charge in [0, 0.05) is 24.3 Å². The number of imidazole rings is 1. The van der Waals surface area contributed by atoms with Gasteiger partial charge in [0.25, 0.3) is 5.91 Å². The molecule has 4 heterocycles. The second kappa shape index (κ2) is 6.55. The van der Waals surface area contributed by atoms with Crippen LogP contribution in [0.1, 0.15) is 69.8 Å². The van der Waals surface area contributed by atoms with Crippen molar-refractivity contribution in [2.45, 2.75) is 51.1 Å². The number of amides is 1.